The smallest absolute Gasteiger partial charge is 0.306 e. The summed E-state index contributed by atoms with van der Waals surface area (Å²) in [6, 6.07) is 6.04. The van der Waals surface area contributed by atoms with Gasteiger partial charge in [-0.3, -0.25) is 19.7 Å². The molecular formula is C18H23N5O2. The van der Waals surface area contributed by atoms with Crippen LogP contribution in [-0.4, -0.2) is 53.3 Å². The van der Waals surface area contributed by atoms with Gasteiger partial charge in [-0.1, -0.05) is 6.07 Å². The van der Waals surface area contributed by atoms with Crippen molar-refractivity contribution in [2.45, 2.75) is 25.2 Å². The fraction of sp³-hybridized carbons (Fsp3) is 0.500. The van der Waals surface area contributed by atoms with Crippen LogP contribution in [0.5, 0.6) is 0 Å². The van der Waals surface area contributed by atoms with Crippen LogP contribution in [0, 0.1) is 0 Å². The van der Waals surface area contributed by atoms with Crippen LogP contribution in [0.2, 0.25) is 0 Å². The summed E-state index contributed by atoms with van der Waals surface area (Å²) in [6.07, 6.45) is 2.64. The standard InChI is InChI=1S/C18H23N5O2/c1-21-8-5-12(6-9-21)13-3-4-14-15(11-13)22(2)20-17(14)23-10-7-16(24)19-18(23)25/h3-4,11-12H,5-10H2,1-2H3,(H,19,24,25). The summed E-state index contributed by atoms with van der Waals surface area (Å²) in [5.41, 5.74) is 2.37. The first kappa shape index (κ1) is 16.1. The van der Waals surface area contributed by atoms with Gasteiger partial charge in [0.05, 0.1) is 5.52 Å². The number of aromatic nitrogens is 2. The van der Waals surface area contributed by atoms with E-state index < -0.39 is 6.03 Å². The molecule has 3 amide bonds. The molecule has 2 aliphatic heterocycles. The average Bonchev–Trinajstić information content (AvgIpc) is 2.92. The number of benzene rings is 1. The van der Waals surface area contributed by atoms with Gasteiger partial charge in [0.1, 0.15) is 0 Å². The number of carbonyl (C=O) groups is 2. The third kappa shape index (κ3) is 2.89. The van der Waals surface area contributed by atoms with Crippen LogP contribution >= 0.6 is 0 Å². The molecule has 1 aromatic heterocycles. The number of urea groups is 1. The molecule has 0 bridgehead atoms. The van der Waals surface area contributed by atoms with Gasteiger partial charge in [-0.2, -0.15) is 5.10 Å². The topological polar surface area (TPSA) is 70.5 Å². The lowest BCUT2D eigenvalue weighted by molar-refractivity contribution is -0.120. The van der Waals surface area contributed by atoms with E-state index in [1.165, 1.54) is 18.4 Å². The quantitative estimate of drug-likeness (QED) is 0.905. The zero-order valence-corrected chi connectivity index (χ0v) is 14.7. The van der Waals surface area contributed by atoms with Crippen molar-refractivity contribution in [2.75, 3.05) is 31.6 Å². The van der Waals surface area contributed by atoms with Crippen LogP contribution < -0.4 is 10.2 Å². The van der Waals surface area contributed by atoms with E-state index in [0.717, 1.165) is 24.0 Å². The number of rotatable bonds is 2. The van der Waals surface area contributed by atoms with Gasteiger partial charge in [0.15, 0.2) is 5.82 Å². The third-order valence-corrected chi connectivity index (χ3v) is 5.36. The first-order valence-electron chi connectivity index (χ1n) is 8.79. The lowest BCUT2D eigenvalue weighted by Crippen LogP contribution is -2.49. The number of likely N-dealkylation sites (tertiary alicyclic amines) is 1. The van der Waals surface area contributed by atoms with Gasteiger partial charge < -0.3 is 4.90 Å². The first-order chi connectivity index (χ1) is 12.0. The highest BCUT2D eigenvalue weighted by Crippen LogP contribution is 2.33. The molecule has 2 aromatic rings. The Morgan fingerprint density at radius 3 is 2.60 bits per heavy atom. The molecule has 0 saturated carbocycles. The molecule has 2 fully saturated rings. The minimum atomic E-state index is -0.393. The lowest BCUT2D eigenvalue weighted by Gasteiger charge is -2.29. The molecule has 2 saturated heterocycles. The van der Waals surface area contributed by atoms with E-state index in [1.54, 1.807) is 4.90 Å². The molecule has 1 aromatic carbocycles. The van der Waals surface area contributed by atoms with Crippen molar-refractivity contribution in [3.63, 3.8) is 0 Å². The van der Waals surface area contributed by atoms with Gasteiger partial charge in [0.2, 0.25) is 5.91 Å². The Hall–Kier alpha value is -2.41. The molecule has 2 aliphatic rings. The fourth-order valence-corrected chi connectivity index (χ4v) is 3.82. The molecule has 4 rings (SSSR count). The van der Waals surface area contributed by atoms with E-state index in [4.69, 9.17) is 0 Å². The number of carbonyl (C=O) groups excluding carboxylic acids is 2. The Labute approximate surface area is 146 Å². The molecule has 0 atom stereocenters. The van der Waals surface area contributed by atoms with Crippen molar-refractivity contribution >= 4 is 28.7 Å². The maximum Gasteiger partial charge on any atom is 0.329 e. The summed E-state index contributed by atoms with van der Waals surface area (Å²) in [4.78, 5) is 27.4. The maximum atomic E-state index is 12.1. The Kier molecular flexibility index (Phi) is 3.95. The number of hydrogen-bond donors (Lipinski definition) is 1. The molecule has 7 heteroatoms. The number of fused-ring (bicyclic) bond motifs is 1. The summed E-state index contributed by atoms with van der Waals surface area (Å²) < 4.78 is 1.83. The highest BCUT2D eigenvalue weighted by atomic mass is 16.2. The van der Waals surface area contributed by atoms with Crippen LogP contribution in [0.25, 0.3) is 10.9 Å². The van der Waals surface area contributed by atoms with Crippen molar-refractivity contribution in [3.8, 4) is 0 Å². The van der Waals surface area contributed by atoms with E-state index in [0.29, 0.717) is 24.7 Å². The summed E-state index contributed by atoms with van der Waals surface area (Å²) in [6.45, 7) is 2.62. The lowest BCUT2D eigenvalue weighted by atomic mass is 9.89. The van der Waals surface area contributed by atoms with Crippen molar-refractivity contribution in [1.29, 1.82) is 0 Å². The molecule has 1 N–H and O–H groups in total. The largest absolute Gasteiger partial charge is 0.329 e. The third-order valence-electron chi connectivity index (χ3n) is 5.36. The fourth-order valence-electron chi connectivity index (χ4n) is 3.82. The van der Waals surface area contributed by atoms with Gasteiger partial charge in [0.25, 0.3) is 0 Å². The predicted molar refractivity (Wildman–Crippen MR) is 95.7 cm³/mol. The molecule has 3 heterocycles. The van der Waals surface area contributed by atoms with Crippen LogP contribution in [0.3, 0.4) is 0 Å². The molecule has 0 radical (unpaired) electrons. The Balaban J connectivity index is 1.67. The average molecular weight is 341 g/mol. The van der Waals surface area contributed by atoms with E-state index in [-0.39, 0.29) is 5.91 Å². The number of hydrogen-bond acceptors (Lipinski definition) is 4. The zero-order valence-electron chi connectivity index (χ0n) is 14.7. The number of amides is 3. The summed E-state index contributed by atoms with van der Waals surface area (Å²) in [5.74, 6) is 0.971. The molecule has 0 unspecified atom stereocenters. The minimum absolute atomic E-state index is 0.231. The normalized spacial score (nSPS) is 20.3. The van der Waals surface area contributed by atoms with Crippen LogP contribution in [-0.2, 0) is 11.8 Å². The van der Waals surface area contributed by atoms with Crippen LogP contribution in [0.4, 0.5) is 10.6 Å². The molecule has 0 spiro atoms. The monoisotopic (exact) mass is 341 g/mol. The minimum Gasteiger partial charge on any atom is -0.306 e. The highest BCUT2D eigenvalue weighted by Gasteiger charge is 2.28. The Morgan fingerprint density at radius 1 is 1.12 bits per heavy atom. The van der Waals surface area contributed by atoms with Crippen molar-refractivity contribution in [3.05, 3.63) is 23.8 Å². The van der Waals surface area contributed by atoms with E-state index in [9.17, 15) is 9.59 Å². The maximum absolute atomic E-state index is 12.1. The highest BCUT2D eigenvalue weighted by molar-refractivity contribution is 6.08. The van der Waals surface area contributed by atoms with Gasteiger partial charge in [-0.15, -0.1) is 0 Å². The van der Waals surface area contributed by atoms with Gasteiger partial charge in [-0.05, 0) is 56.6 Å². The number of anilines is 1. The van der Waals surface area contributed by atoms with Crippen molar-refractivity contribution in [1.82, 2.24) is 20.0 Å². The number of nitrogens with zero attached hydrogens (tertiary/aromatic N) is 4. The SMILES string of the molecule is CN1CCC(c2ccc3c(N4CCC(=O)NC4=O)nn(C)c3c2)CC1. The number of imide groups is 1. The summed E-state index contributed by atoms with van der Waals surface area (Å²) >= 11 is 0. The van der Waals surface area contributed by atoms with Gasteiger partial charge >= 0.3 is 6.03 Å². The van der Waals surface area contributed by atoms with E-state index in [2.05, 4.69) is 40.6 Å². The number of nitrogens with one attached hydrogen (secondary N) is 1. The zero-order chi connectivity index (χ0) is 17.6. The van der Waals surface area contributed by atoms with E-state index in [1.807, 2.05) is 11.7 Å². The van der Waals surface area contributed by atoms with E-state index >= 15 is 0 Å². The Morgan fingerprint density at radius 2 is 1.88 bits per heavy atom. The Bertz CT molecular complexity index is 835. The molecule has 0 aliphatic carbocycles. The molecule has 7 nitrogen and oxygen atoms in total. The summed E-state index contributed by atoms with van der Waals surface area (Å²) in [7, 11) is 4.07. The molecular weight excluding hydrogens is 318 g/mol. The first-order valence-corrected chi connectivity index (χ1v) is 8.79. The van der Waals surface area contributed by atoms with Crippen LogP contribution in [0.1, 0.15) is 30.7 Å². The second-order valence-corrected chi connectivity index (χ2v) is 7.06. The number of aryl methyl sites for hydroxylation is 1. The number of piperidine rings is 1. The van der Waals surface area contributed by atoms with Gasteiger partial charge in [0, 0.05) is 25.4 Å². The summed E-state index contributed by atoms with van der Waals surface area (Å²) in [5, 5.41) is 7.86. The van der Waals surface area contributed by atoms with Gasteiger partial charge in [-0.25, -0.2) is 4.79 Å². The van der Waals surface area contributed by atoms with Crippen LogP contribution in [0.15, 0.2) is 18.2 Å². The van der Waals surface area contributed by atoms with Crippen molar-refractivity contribution in [2.24, 2.45) is 7.05 Å². The second kappa shape index (κ2) is 6.15. The predicted octanol–water partition coefficient (Wildman–Crippen LogP) is 1.83. The van der Waals surface area contributed by atoms with Crippen molar-refractivity contribution < 1.29 is 9.59 Å². The molecule has 132 valence electrons. The molecule has 25 heavy (non-hydrogen) atoms. The second-order valence-electron chi connectivity index (χ2n) is 7.06.